The first-order chi connectivity index (χ1) is 9.05. The molecule has 3 rings (SSSR count). The van der Waals surface area contributed by atoms with Crippen molar-refractivity contribution in [3.05, 3.63) is 11.4 Å². The largest absolute Gasteiger partial charge is 0.368 e. The third-order valence-electron chi connectivity index (χ3n) is 3.46. The zero-order valence-corrected chi connectivity index (χ0v) is 12.9. The molecule has 6 heteroatoms. The SMILES string of the molecule is CC1(C)CCN(c2nc(N)nc3sccc23)CCS1. The van der Waals surface area contributed by atoms with Crippen LogP contribution in [0.1, 0.15) is 20.3 Å². The number of aromatic nitrogens is 2. The van der Waals surface area contributed by atoms with Gasteiger partial charge in [-0.15, -0.1) is 11.3 Å². The molecule has 0 spiro atoms. The van der Waals surface area contributed by atoms with E-state index in [1.165, 1.54) is 0 Å². The molecule has 19 heavy (non-hydrogen) atoms. The molecule has 0 unspecified atom stereocenters. The predicted molar refractivity (Wildman–Crippen MR) is 85.2 cm³/mol. The molecule has 3 heterocycles. The van der Waals surface area contributed by atoms with Gasteiger partial charge < -0.3 is 10.6 Å². The molecular weight excluding hydrogens is 276 g/mol. The standard InChI is InChI=1S/C13H18N4S2/c1-13(2)4-5-17(6-8-19-13)10-9-3-7-18-11(9)16-12(14)15-10/h3,7H,4-6,8H2,1-2H3,(H2,14,15,16). The minimum absolute atomic E-state index is 0.348. The first-order valence-corrected chi connectivity index (χ1v) is 8.31. The molecule has 0 radical (unpaired) electrons. The van der Waals surface area contributed by atoms with Crippen molar-refractivity contribution in [2.24, 2.45) is 0 Å². The predicted octanol–water partition coefficient (Wildman–Crippen LogP) is 3.00. The number of fused-ring (bicyclic) bond motifs is 1. The van der Waals surface area contributed by atoms with Crippen LogP contribution in [0.25, 0.3) is 10.2 Å². The van der Waals surface area contributed by atoms with Crippen molar-refractivity contribution in [1.29, 1.82) is 0 Å². The number of nitrogen functional groups attached to an aromatic ring is 1. The van der Waals surface area contributed by atoms with E-state index in [1.807, 2.05) is 11.8 Å². The topological polar surface area (TPSA) is 55.0 Å². The van der Waals surface area contributed by atoms with E-state index < -0.39 is 0 Å². The van der Waals surface area contributed by atoms with Gasteiger partial charge in [0.25, 0.3) is 0 Å². The normalized spacial score (nSPS) is 19.6. The van der Waals surface area contributed by atoms with E-state index in [0.717, 1.165) is 41.3 Å². The highest BCUT2D eigenvalue weighted by atomic mass is 32.2. The van der Waals surface area contributed by atoms with Gasteiger partial charge in [-0.1, -0.05) is 13.8 Å². The van der Waals surface area contributed by atoms with Crippen LogP contribution in [0, 0.1) is 0 Å². The second-order valence-corrected chi connectivity index (χ2v) is 8.09. The Hall–Kier alpha value is -1.01. The summed E-state index contributed by atoms with van der Waals surface area (Å²) in [6.45, 7) is 6.68. The van der Waals surface area contributed by atoms with Crippen molar-refractivity contribution in [3.63, 3.8) is 0 Å². The Morgan fingerprint density at radius 1 is 1.32 bits per heavy atom. The Labute approximate surface area is 121 Å². The van der Waals surface area contributed by atoms with Gasteiger partial charge in [-0.2, -0.15) is 16.7 Å². The minimum atomic E-state index is 0.348. The van der Waals surface area contributed by atoms with Crippen molar-refractivity contribution in [2.75, 3.05) is 29.5 Å². The summed E-state index contributed by atoms with van der Waals surface area (Å²) < 4.78 is 0.348. The molecule has 102 valence electrons. The summed E-state index contributed by atoms with van der Waals surface area (Å²) in [5, 5.41) is 3.18. The highest BCUT2D eigenvalue weighted by Gasteiger charge is 2.25. The summed E-state index contributed by atoms with van der Waals surface area (Å²) in [4.78, 5) is 12.1. The second-order valence-electron chi connectivity index (χ2n) is 5.39. The molecule has 0 atom stereocenters. The van der Waals surface area contributed by atoms with E-state index in [9.17, 15) is 0 Å². The average Bonchev–Trinajstić information content (AvgIpc) is 2.72. The number of thiophene rings is 1. The lowest BCUT2D eigenvalue weighted by Gasteiger charge is -2.24. The lowest BCUT2D eigenvalue weighted by atomic mass is 10.1. The molecule has 0 aliphatic carbocycles. The first-order valence-electron chi connectivity index (χ1n) is 6.45. The Morgan fingerprint density at radius 2 is 2.16 bits per heavy atom. The maximum absolute atomic E-state index is 5.84. The smallest absolute Gasteiger partial charge is 0.223 e. The fourth-order valence-corrected chi connectivity index (χ4v) is 4.19. The third-order valence-corrected chi connectivity index (χ3v) is 5.64. The molecule has 2 aromatic heterocycles. The molecule has 0 bridgehead atoms. The summed E-state index contributed by atoms with van der Waals surface area (Å²) in [7, 11) is 0. The van der Waals surface area contributed by atoms with E-state index >= 15 is 0 Å². The number of hydrogen-bond donors (Lipinski definition) is 1. The molecule has 0 aromatic carbocycles. The van der Waals surface area contributed by atoms with Crippen molar-refractivity contribution < 1.29 is 0 Å². The Balaban J connectivity index is 1.97. The number of thioether (sulfide) groups is 1. The van der Waals surface area contributed by atoms with Gasteiger partial charge in [0.05, 0.1) is 5.39 Å². The first kappa shape index (κ1) is 13.0. The van der Waals surface area contributed by atoms with Crippen molar-refractivity contribution in [1.82, 2.24) is 9.97 Å². The molecular formula is C13H18N4S2. The van der Waals surface area contributed by atoms with Gasteiger partial charge >= 0.3 is 0 Å². The van der Waals surface area contributed by atoms with E-state index in [2.05, 4.69) is 40.2 Å². The van der Waals surface area contributed by atoms with E-state index in [4.69, 9.17) is 5.73 Å². The highest BCUT2D eigenvalue weighted by Crippen LogP contribution is 2.34. The molecule has 4 nitrogen and oxygen atoms in total. The van der Waals surface area contributed by atoms with Crippen LogP contribution in [-0.4, -0.2) is 33.6 Å². The Bertz CT molecular complexity index is 593. The van der Waals surface area contributed by atoms with Crippen LogP contribution in [0.2, 0.25) is 0 Å². The molecule has 2 aromatic rings. The quantitative estimate of drug-likeness (QED) is 0.876. The summed E-state index contributed by atoms with van der Waals surface area (Å²) >= 11 is 3.66. The maximum atomic E-state index is 5.84. The number of nitrogens with two attached hydrogens (primary N) is 1. The fourth-order valence-electron chi connectivity index (χ4n) is 2.33. The van der Waals surface area contributed by atoms with Crippen LogP contribution in [0.4, 0.5) is 11.8 Å². The van der Waals surface area contributed by atoms with Crippen LogP contribution < -0.4 is 10.6 Å². The zero-order valence-electron chi connectivity index (χ0n) is 11.2. The van der Waals surface area contributed by atoms with Gasteiger partial charge in [0.15, 0.2) is 0 Å². The summed E-state index contributed by atoms with van der Waals surface area (Å²) in [6.07, 6.45) is 1.16. The van der Waals surface area contributed by atoms with Crippen LogP contribution in [0.5, 0.6) is 0 Å². The Morgan fingerprint density at radius 3 is 3.00 bits per heavy atom. The molecule has 2 N–H and O–H groups in total. The van der Waals surface area contributed by atoms with Gasteiger partial charge in [0, 0.05) is 23.6 Å². The number of nitrogens with zero attached hydrogens (tertiary/aromatic N) is 3. The van der Waals surface area contributed by atoms with Crippen LogP contribution in [0.15, 0.2) is 11.4 Å². The van der Waals surface area contributed by atoms with Gasteiger partial charge in [-0.3, -0.25) is 0 Å². The number of hydrogen-bond acceptors (Lipinski definition) is 6. The van der Waals surface area contributed by atoms with Crippen LogP contribution in [0.3, 0.4) is 0 Å². The van der Waals surface area contributed by atoms with Gasteiger partial charge in [0.2, 0.25) is 5.95 Å². The fraction of sp³-hybridized carbons (Fsp3) is 0.538. The van der Waals surface area contributed by atoms with Crippen LogP contribution >= 0.6 is 23.1 Å². The van der Waals surface area contributed by atoms with Gasteiger partial charge in [0.1, 0.15) is 10.6 Å². The second kappa shape index (κ2) is 4.83. The number of anilines is 2. The molecule has 1 aliphatic heterocycles. The minimum Gasteiger partial charge on any atom is -0.368 e. The average molecular weight is 294 g/mol. The number of rotatable bonds is 1. The molecule has 1 aliphatic rings. The molecule has 0 saturated carbocycles. The van der Waals surface area contributed by atoms with Crippen molar-refractivity contribution in [2.45, 2.75) is 25.0 Å². The summed E-state index contributed by atoms with van der Waals surface area (Å²) in [6, 6.07) is 2.10. The summed E-state index contributed by atoms with van der Waals surface area (Å²) in [5.41, 5.74) is 5.84. The summed E-state index contributed by atoms with van der Waals surface area (Å²) in [5.74, 6) is 2.51. The van der Waals surface area contributed by atoms with E-state index in [1.54, 1.807) is 11.3 Å². The van der Waals surface area contributed by atoms with Crippen LogP contribution in [-0.2, 0) is 0 Å². The van der Waals surface area contributed by atoms with Crippen molar-refractivity contribution in [3.8, 4) is 0 Å². The zero-order chi connectivity index (χ0) is 13.5. The van der Waals surface area contributed by atoms with E-state index in [-0.39, 0.29) is 0 Å². The lowest BCUT2D eigenvalue weighted by Crippen LogP contribution is -2.28. The molecule has 1 fully saturated rings. The van der Waals surface area contributed by atoms with Gasteiger partial charge in [-0.25, -0.2) is 4.98 Å². The lowest BCUT2D eigenvalue weighted by molar-refractivity contribution is 0.636. The third kappa shape index (κ3) is 2.65. The Kier molecular flexibility index (Phi) is 3.30. The molecule has 1 saturated heterocycles. The highest BCUT2D eigenvalue weighted by molar-refractivity contribution is 8.00. The van der Waals surface area contributed by atoms with Gasteiger partial charge in [-0.05, 0) is 17.9 Å². The monoisotopic (exact) mass is 294 g/mol. The van der Waals surface area contributed by atoms with E-state index in [0.29, 0.717) is 10.7 Å². The van der Waals surface area contributed by atoms with Crippen molar-refractivity contribution >= 4 is 45.1 Å². The molecule has 0 amide bonds. The maximum Gasteiger partial charge on any atom is 0.223 e.